The first-order valence-corrected chi connectivity index (χ1v) is 13.2. The fourth-order valence-electron chi connectivity index (χ4n) is 5.53. The standard InChI is InChI=1S/C31H31ClFN3O/c1-36(15-3-2-5-23-20-35-30-13-9-26(32)18-28(23)30)16-4-14-31(25-7-10-27(33)11-8-25)29-12-6-22(19-34)17-24(29)21-37-31/h6-13,17-18,20,35H,2-5,14-16,21H2,1H3. The van der Waals surface area contributed by atoms with Crippen molar-refractivity contribution in [3.05, 3.63) is 106 Å². The second-order valence-corrected chi connectivity index (χ2v) is 10.4. The SMILES string of the molecule is CN(CCCCc1c[nH]c2ccc(Cl)cc12)CCCC1(c2ccc(F)cc2)OCc2cc(C#N)ccc21. The zero-order chi connectivity index (χ0) is 25.8. The summed E-state index contributed by atoms with van der Waals surface area (Å²) in [6, 6.07) is 20.6. The van der Waals surface area contributed by atoms with Crippen LogP contribution in [0.4, 0.5) is 4.39 Å². The van der Waals surface area contributed by atoms with Crippen LogP contribution in [0.25, 0.3) is 10.9 Å². The van der Waals surface area contributed by atoms with Crippen LogP contribution in [0.2, 0.25) is 5.02 Å². The Morgan fingerprint density at radius 3 is 2.68 bits per heavy atom. The Labute approximate surface area is 222 Å². The molecule has 1 unspecified atom stereocenters. The maximum absolute atomic E-state index is 13.7. The van der Waals surface area contributed by atoms with Crippen molar-refractivity contribution in [1.29, 1.82) is 5.26 Å². The largest absolute Gasteiger partial charge is 0.361 e. The zero-order valence-corrected chi connectivity index (χ0v) is 21.8. The van der Waals surface area contributed by atoms with Crippen LogP contribution in [0, 0.1) is 17.1 Å². The van der Waals surface area contributed by atoms with Gasteiger partial charge in [-0.2, -0.15) is 5.26 Å². The smallest absolute Gasteiger partial charge is 0.123 e. The van der Waals surface area contributed by atoms with Gasteiger partial charge in [0.25, 0.3) is 0 Å². The quantitative estimate of drug-likeness (QED) is 0.225. The van der Waals surface area contributed by atoms with E-state index in [1.54, 1.807) is 0 Å². The van der Waals surface area contributed by atoms with E-state index in [0.717, 1.165) is 72.4 Å². The second-order valence-electron chi connectivity index (χ2n) is 9.97. The van der Waals surface area contributed by atoms with E-state index >= 15 is 0 Å². The lowest BCUT2D eigenvalue weighted by Gasteiger charge is -2.31. The number of nitrogens with one attached hydrogen (secondary N) is 1. The molecule has 1 atom stereocenters. The Bertz CT molecular complexity index is 1420. The van der Waals surface area contributed by atoms with Crippen molar-refractivity contribution in [3.63, 3.8) is 0 Å². The van der Waals surface area contributed by atoms with Gasteiger partial charge in [-0.3, -0.25) is 0 Å². The van der Waals surface area contributed by atoms with Gasteiger partial charge >= 0.3 is 0 Å². The summed E-state index contributed by atoms with van der Waals surface area (Å²) in [5.41, 5.74) is 5.54. The molecule has 0 spiro atoms. The van der Waals surface area contributed by atoms with Gasteiger partial charge in [0, 0.05) is 22.1 Å². The monoisotopic (exact) mass is 515 g/mol. The first kappa shape index (κ1) is 25.5. The van der Waals surface area contributed by atoms with Gasteiger partial charge in [0.05, 0.1) is 18.2 Å². The third kappa shape index (κ3) is 5.43. The molecule has 0 radical (unpaired) electrons. The highest BCUT2D eigenvalue weighted by atomic mass is 35.5. The number of rotatable bonds is 10. The zero-order valence-electron chi connectivity index (χ0n) is 21.1. The van der Waals surface area contributed by atoms with Gasteiger partial charge < -0.3 is 14.6 Å². The van der Waals surface area contributed by atoms with E-state index in [1.807, 2.05) is 48.5 Å². The van der Waals surface area contributed by atoms with E-state index in [2.05, 4.69) is 29.2 Å². The number of fused-ring (bicyclic) bond motifs is 2. The molecule has 2 heterocycles. The summed E-state index contributed by atoms with van der Waals surface area (Å²) >= 11 is 6.18. The number of aromatic nitrogens is 1. The predicted molar refractivity (Wildman–Crippen MR) is 146 cm³/mol. The molecule has 0 amide bonds. The lowest BCUT2D eigenvalue weighted by Crippen LogP contribution is -2.29. The minimum atomic E-state index is -0.617. The highest BCUT2D eigenvalue weighted by molar-refractivity contribution is 6.31. The molecule has 190 valence electrons. The number of unbranched alkanes of at least 4 members (excludes halogenated alkanes) is 1. The summed E-state index contributed by atoms with van der Waals surface area (Å²) < 4.78 is 20.1. The molecule has 4 nitrogen and oxygen atoms in total. The van der Waals surface area contributed by atoms with Gasteiger partial charge in [-0.05, 0) is 117 Å². The number of hydrogen-bond acceptors (Lipinski definition) is 3. The molecule has 0 saturated heterocycles. The summed E-state index contributed by atoms with van der Waals surface area (Å²) in [6.45, 7) is 2.42. The third-order valence-corrected chi connectivity index (χ3v) is 7.72. The fraction of sp³-hybridized carbons (Fsp3) is 0.323. The molecular formula is C31H31ClFN3O. The lowest BCUT2D eigenvalue weighted by molar-refractivity contribution is -0.0142. The minimum absolute atomic E-state index is 0.257. The minimum Gasteiger partial charge on any atom is -0.361 e. The molecule has 1 aliphatic rings. The summed E-state index contributed by atoms with van der Waals surface area (Å²) in [5, 5.41) is 11.3. The van der Waals surface area contributed by atoms with Crippen molar-refractivity contribution in [3.8, 4) is 6.07 Å². The predicted octanol–water partition coefficient (Wildman–Crippen LogP) is 7.34. The van der Waals surface area contributed by atoms with Crippen LogP contribution in [0.15, 0.2) is 66.9 Å². The van der Waals surface area contributed by atoms with Crippen LogP contribution in [-0.4, -0.2) is 30.0 Å². The van der Waals surface area contributed by atoms with Gasteiger partial charge in [0.2, 0.25) is 0 Å². The number of nitriles is 1. The molecule has 0 bridgehead atoms. The number of H-pyrrole nitrogens is 1. The van der Waals surface area contributed by atoms with Crippen molar-refractivity contribution in [2.45, 2.75) is 44.3 Å². The number of hydrogen-bond donors (Lipinski definition) is 1. The maximum Gasteiger partial charge on any atom is 0.123 e. The maximum atomic E-state index is 13.7. The number of aromatic amines is 1. The van der Waals surface area contributed by atoms with E-state index < -0.39 is 5.60 Å². The summed E-state index contributed by atoms with van der Waals surface area (Å²) in [4.78, 5) is 5.71. The van der Waals surface area contributed by atoms with E-state index in [1.165, 1.54) is 23.1 Å². The van der Waals surface area contributed by atoms with Crippen molar-refractivity contribution in [2.75, 3.05) is 20.1 Å². The van der Waals surface area contributed by atoms with E-state index in [-0.39, 0.29) is 5.82 Å². The normalized spacial score (nSPS) is 16.8. The van der Waals surface area contributed by atoms with E-state index in [4.69, 9.17) is 16.3 Å². The number of benzene rings is 3. The Balaban J connectivity index is 1.18. The first-order valence-electron chi connectivity index (χ1n) is 12.9. The number of ether oxygens (including phenoxy) is 1. The van der Waals surface area contributed by atoms with E-state index in [9.17, 15) is 9.65 Å². The molecule has 37 heavy (non-hydrogen) atoms. The molecule has 1 aliphatic heterocycles. The molecule has 0 aliphatic carbocycles. The number of halogens is 2. The highest BCUT2D eigenvalue weighted by Gasteiger charge is 2.41. The van der Waals surface area contributed by atoms with Gasteiger partial charge in [0.1, 0.15) is 11.4 Å². The molecule has 1 aromatic heterocycles. The lowest BCUT2D eigenvalue weighted by atomic mass is 9.81. The van der Waals surface area contributed by atoms with Crippen molar-refractivity contribution < 1.29 is 9.13 Å². The summed E-state index contributed by atoms with van der Waals surface area (Å²) in [5.74, 6) is -0.257. The Morgan fingerprint density at radius 2 is 1.86 bits per heavy atom. The van der Waals surface area contributed by atoms with Crippen LogP contribution in [-0.2, 0) is 23.4 Å². The molecule has 4 aromatic rings. The molecular weight excluding hydrogens is 485 g/mol. The Morgan fingerprint density at radius 1 is 1.05 bits per heavy atom. The fourth-order valence-corrected chi connectivity index (χ4v) is 5.70. The molecule has 6 heteroatoms. The molecule has 0 saturated carbocycles. The van der Waals surface area contributed by atoms with Crippen molar-refractivity contribution in [1.82, 2.24) is 9.88 Å². The van der Waals surface area contributed by atoms with Gasteiger partial charge in [-0.25, -0.2) is 4.39 Å². The van der Waals surface area contributed by atoms with Crippen LogP contribution in [0.3, 0.4) is 0 Å². The van der Waals surface area contributed by atoms with Gasteiger partial charge in [-0.15, -0.1) is 0 Å². The molecule has 1 N–H and O–H groups in total. The highest BCUT2D eigenvalue weighted by Crippen LogP contribution is 2.45. The third-order valence-electron chi connectivity index (χ3n) is 7.49. The van der Waals surface area contributed by atoms with Crippen LogP contribution >= 0.6 is 11.6 Å². The average Bonchev–Trinajstić information content (AvgIpc) is 3.48. The second kappa shape index (κ2) is 11.1. The van der Waals surface area contributed by atoms with Crippen LogP contribution in [0.1, 0.15) is 53.5 Å². The van der Waals surface area contributed by atoms with Crippen LogP contribution < -0.4 is 0 Å². The van der Waals surface area contributed by atoms with Gasteiger partial charge in [0.15, 0.2) is 0 Å². The number of nitrogens with zero attached hydrogens (tertiary/aromatic N) is 2. The summed E-state index contributed by atoms with van der Waals surface area (Å²) in [6.07, 6.45) is 7.08. The molecule has 0 fully saturated rings. The first-order chi connectivity index (χ1) is 18.0. The summed E-state index contributed by atoms with van der Waals surface area (Å²) in [7, 11) is 2.17. The average molecular weight is 516 g/mol. The van der Waals surface area contributed by atoms with Crippen molar-refractivity contribution >= 4 is 22.5 Å². The van der Waals surface area contributed by atoms with Crippen molar-refractivity contribution in [2.24, 2.45) is 0 Å². The van der Waals surface area contributed by atoms with E-state index in [0.29, 0.717) is 12.2 Å². The molecule has 3 aromatic carbocycles. The van der Waals surface area contributed by atoms with Gasteiger partial charge in [-0.1, -0.05) is 29.8 Å². The Hall–Kier alpha value is -3.17. The number of aryl methyl sites for hydroxylation is 1. The van der Waals surface area contributed by atoms with Crippen LogP contribution in [0.5, 0.6) is 0 Å². The molecule has 5 rings (SSSR count). The Kier molecular flexibility index (Phi) is 7.62. The topological polar surface area (TPSA) is 52.0 Å².